The average molecular weight is 321 g/mol. The van der Waals surface area contributed by atoms with Gasteiger partial charge >= 0.3 is 5.97 Å². The molecule has 0 aliphatic carbocycles. The maximum Gasteiger partial charge on any atom is 0.339 e. The Hall–Kier alpha value is -1.12. The number of thioether (sulfide) groups is 1. The third kappa shape index (κ3) is 4.19. The second-order valence-corrected chi connectivity index (χ2v) is 7.04. The zero-order valence-corrected chi connectivity index (χ0v) is 13.0. The van der Waals surface area contributed by atoms with Gasteiger partial charge in [0.25, 0.3) is 0 Å². The van der Waals surface area contributed by atoms with E-state index >= 15 is 0 Å². The standard InChI is InChI=1S/C12H16FNO4S2/c1-8(19-3)7-14-20(16,17)11-6-9(13)4-5-10(11)12(15)18-2/h4-6,8,14H,7H2,1-3H3. The highest BCUT2D eigenvalue weighted by Gasteiger charge is 2.24. The SMILES string of the molecule is COC(=O)c1ccc(F)cc1S(=O)(=O)NCC(C)SC. The van der Waals surface area contributed by atoms with Crippen LogP contribution in [0.5, 0.6) is 0 Å². The Labute approximate surface area is 121 Å². The minimum atomic E-state index is -3.98. The molecular formula is C12H16FNO4S2. The Morgan fingerprint density at radius 2 is 2.15 bits per heavy atom. The zero-order valence-electron chi connectivity index (χ0n) is 11.3. The van der Waals surface area contributed by atoms with E-state index in [-0.39, 0.29) is 17.4 Å². The zero-order chi connectivity index (χ0) is 15.3. The summed E-state index contributed by atoms with van der Waals surface area (Å²) in [6.45, 7) is 2.03. The second kappa shape index (κ2) is 7.05. The van der Waals surface area contributed by atoms with Crippen molar-refractivity contribution in [1.82, 2.24) is 4.72 Å². The van der Waals surface area contributed by atoms with Gasteiger partial charge in [-0.3, -0.25) is 0 Å². The van der Waals surface area contributed by atoms with Crippen molar-refractivity contribution in [3.8, 4) is 0 Å². The third-order valence-electron chi connectivity index (χ3n) is 2.60. The molecule has 0 aliphatic rings. The minimum absolute atomic E-state index is 0.0555. The van der Waals surface area contributed by atoms with Crippen LogP contribution < -0.4 is 4.72 Å². The number of nitrogens with one attached hydrogen (secondary N) is 1. The highest BCUT2D eigenvalue weighted by Crippen LogP contribution is 2.18. The number of carbonyl (C=O) groups excluding carboxylic acids is 1. The van der Waals surface area contributed by atoms with Gasteiger partial charge in [0.15, 0.2) is 0 Å². The van der Waals surface area contributed by atoms with Gasteiger partial charge in [-0.15, -0.1) is 0 Å². The first-order chi connectivity index (χ1) is 9.31. The molecule has 1 aromatic rings. The maximum atomic E-state index is 13.3. The molecule has 0 bridgehead atoms. The smallest absolute Gasteiger partial charge is 0.339 e. The summed E-state index contributed by atoms with van der Waals surface area (Å²) < 4.78 is 44.4. The van der Waals surface area contributed by atoms with Crippen LogP contribution in [0.15, 0.2) is 23.1 Å². The number of methoxy groups -OCH3 is 1. The molecule has 0 aromatic heterocycles. The van der Waals surface area contributed by atoms with Crippen LogP contribution in [0, 0.1) is 5.82 Å². The molecule has 1 rings (SSSR count). The van der Waals surface area contributed by atoms with Crippen molar-refractivity contribution in [3.63, 3.8) is 0 Å². The first-order valence-electron chi connectivity index (χ1n) is 5.72. The van der Waals surface area contributed by atoms with Gasteiger partial charge in [0.1, 0.15) is 5.82 Å². The fourth-order valence-electron chi connectivity index (χ4n) is 1.39. The van der Waals surface area contributed by atoms with Gasteiger partial charge in [-0.25, -0.2) is 22.3 Å². The van der Waals surface area contributed by atoms with E-state index in [9.17, 15) is 17.6 Å². The van der Waals surface area contributed by atoms with E-state index in [1.54, 1.807) is 0 Å². The van der Waals surface area contributed by atoms with Crippen molar-refractivity contribution in [1.29, 1.82) is 0 Å². The number of sulfonamides is 1. The number of hydrogen-bond donors (Lipinski definition) is 1. The number of benzene rings is 1. The Morgan fingerprint density at radius 3 is 2.70 bits per heavy atom. The lowest BCUT2D eigenvalue weighted by Crippen LogP contribution is -2.30. The number of esters is 1. The molecule has 20 heavy (non-hydrogen) atoms. The van der Waals surface area contributed by atoms with E-state index in [0.29, 0.717) is 0 Å². The number of halogens is 1. The van der Waals surface area contributed by atoms with E-state index in [1.807, 2.05) is 13.2 Å². The molecule has 0 radical (unpaired) electrons. The molecule has 5 nitrogen and oxygen atoms in total. The number of ether oxygens (including phenoxy) is 1. The normalized spacial score (nSPS) is 13.0. The predicted octanol–water partition coefficient (Wildman–Crippen LogP) is 1.64. The topological polar surface area (TPSA) is 72.5 Å². The van der Waals surface area contributed by atoms with Crippen LogP contribution in [0.4, 0.5) is 4.39 Å². The summed E-state index contributed by atoms with van der Waals surface area (Å²) in [5.74, 6) is -1.57. The number of hydrogen-bond acceptors (Lipinski definition) is 5. The molecule has 0 fully saturated rings. The number of carbonyl (C=O) groups is 1. The van der Waals surface area contributed by atoms with Gasteiger partial charge in [-0.2, -0.15) is 11.8 Å². The van der Waals surface area contributed by atoms with Crippen molar-refractivity contribution in [2.24, 2.45) is 0 Å². The third-order valence-corrected chi connectivity index (χ3v) is 5.04. The highest BCUT2D eigenvalue weighted by molar-refractivity contribution is 7.99. The molecule has 1 atom stereocenters. The van der Waals surface area contributed by atoms with Gasteiger partial charge in [0.2, 0.25) is 10.0 Å². The van der Waals surface area contributed by atoms with Crippen molar-refractivity contribution in [2.45, 2.75) is 17.1 Å². The summed E-state index contributed by atoms with van der Waals surface area (Å²) in [5.41, 5.74) is -0.196. The van der Waals surface area contributed by atoms with Crippen LogP contribution >= 0.6 is 11.8 Å². The van der Waals surface area contributed by atoms with Crippen LogP contribution in [0.2, 0.25) is 0 Å². The fourth-order valence-corrected chi connectivity index (χ4v) is 3.07. The van der Waals surface area contributed by atoms with Crippen LogP contribution in [-0.4, -0.2) is 39.5 Å². The Balaban J connectivity index is 3.16. The van der Waals surface area contributed by atoms with Gasteiger partial charge in [-0.05, 0) is 24.5 Å². The van der Waals surface area contributed by atoms with Crippen LogP contribution in [0.1, 0.15) is 17.3 Å². The Kier molecular flexibility index (Phi) is 5.97. The average Bonchev–Trinajstić information content (AvgIpc) is 2.43. The second-order valence-electron chi connectivity index (χ2n) is 4.03. The predicted molar refractivity (Wildman–Crippen MR) is 75.9 cm³/mol. The van der Waals surface area contributed by atoms with E-state index < -0.39 is 26.7 Å². The first-order valence-corrected chi connectivity index (χ1v) is 8.49. The lowest BCUT2D eigenvalue weighted by atomic mass is 10.2. The summed E-state index contributed by atoms with van der Waals surface area (Å²) in [5, 5.41) is 0.0555. The van der Waals surface area contributed by atoms with Gasteiger partial charge in [0, 0.05) is 11.8 Å². The van der Waals surface area contributed by atoms with E-state index in [2.05, 4.69) is 9.46 Å². The largest absolute Gasteiger partial charge is 0.465 e. The monoisotopic (exact) mass is 321 g/mol. The Morgan fingerprint density at radius 1 is 1.50 bits per heavy atom. The van der Waals surface area contributed by atoms with E-state index in [1.165, 1.54) is 11.8 Å². The lowest BCUT2D eigenvalue weighted by molar-refractivity contribution is 0.0596. The molecule has 0 amide bonds. The summed E-state index contributed by atoms with van der Waals surface area (Å²) in [6.07, 6.45) is 1.85. The van der Waals surface area contributed by atoms with Crippen molar-refractivity contribution in [3.05, 3.63) is 29.6 Å². The summed E-state index contributed by atoms with van der Waals surface area (Å²) in [4.78, 5) is 11.1. The minimum Gasteiger partial charge on any atom is -0.465 e. The van der Waals surface area contributed by atoms with Crippen LogP contribution in [0.3, 0.4) is 0 Å². The Bertz CT molecular complexity index is 589. The molecule has 0 heterocycles. The van der Waals surface area contributed by atoms with Gasteiger partial charge < -0.3 is 4.74 Å². The number of rotatable bonds is 6. The highest BCUT2D eigenvalue weighted by atomic mass is 32.2. The molecule has 1 N–H and O–H groups in total. The van der Waals surface area contributed by atoms with E-state index in [0.717, 1.165) is 25.3 Å². The van der Waals surface area contributed by atoms with Crippen molar-refractivity contribution < 1.29 is 22.3 Å². The molecule has 0 saturated heterocycles. The molecule has 1 aromatic carbocycles. The maximum absolute atomic E-state index is 13.3. The summed E-state index contributed by atoms with van der Waals surface area (Å²) >= 11 is 1.49. The van der Waals surface area contributed by atoms with Crippen molar-refractivity contribution >= 4 is 27.8 Å². The molecule has 112 valence electrons. The van der Waals surface area contributed by atoms with Gasteiger partial charge in [-0.1, -0.05) is 6.92 Å². The fraction of sp³-hybridized carbons (Fsp3) is 0.417. The molecule has 0 saturated carbocycles. The lowest BCUT2D eigenvalue weighted by Gasteiger charge is -2.13. The first kappa shape index (κ1) is 16.9. The molecule has 0 spiro atoms. The summed E-state index contributed by atoms with van der Waals surface area (Å²) in [6, 6.07) is 2.90. The quantitative estimate of drug-likeness (QED) is 0.807. The molecule has 0 aliphatic heterocycles. The summed E-state index contributed by atoms with van der Waals surface area (Å²) in [7, 11) is -2.85. The van der Waals surface area contributed by atoms with Crippen LogP contribution in [-0.2, 0) is 14.8 Å². The molecule has 8 heteroatoms. The van der Waals surface area contributed by atoms with Crippen LogP contribution in [0.25, 0.3) is 0 Å². The van der Waals surface area contributed by atoms with Gasteiger partial charge in [0.05, 0.1) is 17.6 Å². The van der Waals surface area contributed by atoms with E-state index in [4.69, 9.17) is 0 Å². The molecule has 1 unspecified atom stereocenters. The molecular weight excluding hydrogens is 305 g/mol. The van der Waals surface area contributed by atoms with Crippen molar-refractivity contribution in [2.75, 3.05) is 19.9 Å².